The molecule has 2 atom stereocenters. The number of rotatable bonds is 7. The average molecular weight is 204 g/mol. The van der Waals surface area contributed by atoms with Gasteiger partial charge in [-0.05, 0) is 20.3 Å². The van der Waals surface area contributed by atoms with Gasteiger partial charge in [0.05, 0.1) is 18.2 Å². The van der Waals surface area contributed by atoms with Crippen molar-refractivity contribution in [3.05, 3.63) is 0 Å². The Balaban J connectivity index is 3.68. The van der Waals surface area contributed by atoms with Crippen LogP contribution in [0.1, 0.15) is 20.3 Å². The van der Waals surface area contributed by atoms with Gasteiger partial charge in [0.1, 0.15) is 0 Å². The lowest BCUT2D eigenvalue weighted by molar-refractivity contribution is -0.123. The van der Waals surface area contributed by atoms with Crippen LogP contribution in [0.4, 0.5) is 0 Å². The van der Waals surface area contributed by atoms with Crippen molar-refractivity contribution < 1.29 is 14.3 Å². The number of amides is 1. The fourth-order valence-electron chi connectivity index (χ4n) is 0.878. The van der Waals surface area contributed by atoms with Gasteiger partial charge in [0.2, 0.25) is 5.91 Å². The predicted octanol–water partition coefficient (Wildman–Crippen LogP) is -0.369. The summed E-state index contributed by atoms with van der Waals surface area (Å²) >= 11 is 0. The molecule has 0 rings (SSSR count). The van der Waals surface area contributed by atoms with Crippen LogP contribution in [0.2, 0.25) is 0 Å². The molecule has 0 fully saturated rings. The second-order valence-electron chi connectivity index (χ2n) is 3.67. The number of hydrogen-bond donors (Lipinski definition) is 2. The summed E-state index contributed by atoms with van der Waals surface area (Å²) < 4.78 is 10.2. The van der Waals surface area contributed by atoms with Crippen LogP contribution < -0.4 is 11.5 Å². The smallest absolute Gasteiger partial charge is 0.237 e. The van der Waals surface area contributed by atoms with Gasteiger partial charge in [0.15, 0.2) is 0 Å². The van der Waals surface area contributed by atoms with Crippen molar-refractivity contribution in [2.24, 2.45) is 11.5 Å². The minimum Gasteiger partial charge on any atom is -0.382 e. The lowest BCUT2D eigenvalue weighted by atomic mass is 9.99. The molecule has 0 spiro atoms. The van der Waals surface area contributed by atoms with Gasteiger partial charge in [0, 0.05) is 13.7 Å². The van der Waals surface area contributed by atoms with Crippen LogP contribution in [-0.4, -0.2) is 37.9 Å². The summed E-state index contributed by atoms with van der Waals surface area (Å²) in [4.78, 5) is 10.8. The number of ether oxygens (including phenoxy) is 2. The lowest BCUT2D eigenvalue weighted by Gasteiger charge is -2.21. The molecule has 0 aromatic rings. The molecular formula is C9H20N2O3. The van der Waals surface area contributed by atoms with Gasteiger partial charge >= 0.3 is 0 Å². The fraction of sp³-hybridized carbons (Fsp3) is 0.889. The molecule has 0 aromatic heterocycles. The summed E-state index contributed by atoms with van der Waals surface area (Å²) in [6, 6.07) is 0. The number of carbonyl (C=O) groups excluding carboxylic acids is 1. The van der Waals surface area contributed by atoms with E-state index in [2.05, 4.69) is 0 Å². The molecule has 0 aliphatic carbocycles. The zero-order chi connectivity index (χ0) is 11.2. The van der Waals surface area contributed by atoms with E-state index < -0.39 is 11.4 Å². The monoisotopic (exact) mass is 204 g/mol. The van der Waals surface area contributed by atoms with Gasteiger partial charge in [-0.15, -0.1) is 0 Å². The van der Waals surface area contributed by atoms with Crippen molar-refractivity contribution in [1.29, 1.82) is 0 Å². The van der Waals surface area contributed by atoms with E-state index in [1.54, 1.807) is 14.0 Å². The Hall–Kier alpha value is -0.650. The second-order valence-corrected chi connectivity index (χ2v) is 3.67. The molecule has 5 heteroatoms. The van der Waals surface area contributed by atoms with Gasteiger partial charge in [0.25, 0.3) is 0 Å². The maximum atomic E-state index is 10.8. The zero-order valence-electron chi connectivity index (χ0n) is 9.08. The third-order valence-corrected chi connectivity index (χ3v) is 1.99. The van der Waals surface area contributed by atoms with Gasteiger partial charge in [-0.25, -0.2) is 0 Å². The summed E-state index contributed by atoms with van der Waals surface area (Å²) in [6.45, 7) is 4.42. The SMILES string of the molecule is COCC(C)OCCC(C)(N)C(N)=O. The molecular weight excluding hydrogens is 184 g/mol. The number of primary amides is 1. The molecule has 0 aliphatic rings. The molecule has 14 heavy (non-hydrogen) atoms. The summed E-state index contributed by atoms with van der Waals surface area (Å²) in [6.07, 6.45) is 0.416. The summed E-state index contributed by atoms with van der Waals surface area (Å²) in [5.74, 6) is -0.513. The molecule has 2 unspecified atom stereocenters. The number of methoxy groups -OCH3 is 1. The van der Waals surface area contributed by atoms with Crippen LogP contribution in [0, 0.1) is 0 Å². The minimum atomic E-state index is -0.993. The van der Waals surface area contributed by atoms with Crippen LogP contribution in [0.25, 0.3) is 0 Å². The van der Waals surface area contributed by atoms with Gasteiger partial charge in [-0.3, -0.25) is 4.79 Å². The molecule has 0 heterocycles. The summed E-state index contributed by atoms with van der Waals surface area (Å²) in [5.41, 5.74) is 9.74. The Bertz CT molecular complexity index is 183. The quantitative estimate of drug-likeness (QED) is 0.592. The summed E-state index contributed by atoms with van der Waals surface area (Å²) in [5, 5.41) is 0. The first kappa shape index (κ1) is 13.4. The Labute approximate surface area is 84.7 Å². The van der Waals surface area contributed by atoms with Crippen molar-refractivity contribution in [1.82, 2.24) is 0 Å². The molecule has 0 bridgehead atoms. The van der Waals surface area contributed by atoms with Crippen LogP contribution in [0.3, 0.4) is 0 Å². The maximum absolute atomic E-state index is 10.8. The van der Waals surface area contributed by atoms with Gasteiger partial charge in [-0.1, -0.05) is 0 Å². The van der Waals surface area contributed by atoms with E-state index >= 15 is 0 Å². The van der Waals surface area contributed by atoms with Crippen molar-refractivity contribution in [3.63, 3.8) is 0 Å². The number of nitrogens with two attached hydrogens (primary N) is 2. The molecule has 0 aliphatic heterocycles. The Morgan fingerprint density at radius 3 is 2.57 bits per heavy atom. The Kier molecular flexibility index (Phi) is 5.68. The highest BCUT2D eigenvalue weighted by atomic mass is 16.5. The predicted molar refractivity (Wildman–Crippen MR) is 53.7 cm³/mol. The largest absolute Gasteiger partial charge is 0.382 e. The highest BCUT2D eigenvalue weighted by molar-refractivity contribution is 5.83. The van der Waals surface area contributed by atoms with Crippen molar-refractivity contribution in [2.45, 2.75) is 31.9 Å². The van der Waals surface area contributed by atoms with Crippen molar-refractivity contribution >= 4 is 5.91 Å². The van der Waals surface area contributed by atoms with Crippen LogP contribution in [0.5, 0.6) is 0 Å². The molecule has 4 N–H and O–H groups in total. The minimum absolute atomic E-state index is 0.00340. The highest BCUT2D eigenvalue weighted by Gasteiger charge is 2.25. The Morgan fingerprint density at radius 1 is 1.57 bits per heavy atom. The second kappa shape index (κ2) is 5.95. The van der Waals surface area contributed by atoms with Crippen LogP contribution in [-0.2, 0) is 14.3 Å². The third-order valence-electron chi connectivity index (χ3n) is 1.99. The van der Waals surface area contributed by atoms with Crippen LogP contribution >= 0.6 is 0 Å². The van der Waals surface area contributed by atoms with E-state index in [-0.39, 0.29) is 6.10 Å². The lowest BCUT2D eigenvalue weighted by Crippen LogP contribution is -2.50. The number of hydrogen-bond acceptors (Lipinski definition) is 4. The third kappa shape index (κ3) is 5.16. The van der Waals surface area contributed by atoms with E-state index in [0.29, 0.717) is 19.6 Å². The molecule has 0 saturated carbocycles. The first-order chi connectivity index (χ1) is 6.40. The average Bonchev–Trinajstić information content (AvgIpc) is 2.04. The molecule has 0 radical (unpaired) electrons. The van der Waals surface area contributed by atoms with E-state index in [4.69, 9.17) is 20.9 Å². The van der Waals surface area contributed by atoms with E-state index in [0.717, 1.165) is 0 Å². The zero-order valence-corrected chi connectivity index (χ0v) is 9.08. The first-order valence-electron chi connectivity index (χ1n) is 4.59. The van der Waals surface area contributed by atoms with E-state index in [9.17, 15) is 4.79 Å². The Morgan fingerprint density at radius 2 is 2.14 bits per heavy atom. The van der Waals surface area contributed by atoms with Gasteiger partial charge in [-0.2, -0.15) is 0 Å². The number of carbonyl (C=O) groups is 1. The maximum Gasteiger partial charge on any atom is 0.237 e. The van der Waals surface area contributed by atoms with Crippen molar-refractivity contribution in [2.75, 3.05) is 20.3 Å². The molecule has 1 amide bonds. The van der Waals surface area contributed by atoms with Crippen molar-refractivity contribution in [3.8, 4) is 0 Å². The molecule has 84 valence electrons. The van der Waals surface area contributed by atoms with E-state index in [1.165, 1.54) is 0 Å². The standard InChI is InChI=1S/C9H20N2O3/c1-7(6-13-3)14-5-4-9(2,11)8(10)12/h7H,4-6,11H2,1-3H3,(H2,10,12). The normalized spacial score (nSPS) is 17.4. The van der Waals surface area contributed by atoms with Crippen LogP contribution in [0.15, 0.2) is 0 Å². The first-order valence-corrected chi connectivity index (χ1v) is 4.59. The molecule has 0 aromatic carbocycles. The van der Waals surface area contributed by atoms with Gasteiger partial charge < -0.3 is 20.9 Å². The van der Waals surface area contributed by atoms with E-state index in [1.807, 2.05) is 6.92 Å². The summed E-state index contributed by atoms with van der Waals surface area (Å²) in [7, 11) is 1.61. The topological polar surface area (TPSA) is 87.6 Å². The molecule has 5 nitrogen and oxygen atoms in total. The highest BCUT2D eigenvalue weighted by Crippen LogP contribution is 2.05. The molecule has 0 saturated heterocycles. The fourth-order valence-corrected chi connectivity index (χ4v) is 0.878.